The van der Waals surface area contributed by atoms with Crippen molar-refractivity contribution < 1.29 is 0 Å². The van der Waals surface area contributed by atoms with Crippen LogP contribution in [0.4, 0.5) is 5.82 Å². The first-order valence-corrected chi connectivity index (χ1v) is 5.97. The van der Waals surface area contributed by atoms with Gasteiger partial charge in [0.15, 0.2) is 0 Å². The second-order valence-electron chi connectivity index (χ2n) is 2.51. The summed E-state index contributed by atoms with van der Waals surface area (Å²) in [6, 6.07) is 2.02. The number of aromatic nitrogens is 4. The first-order chi connectivity index (χ1) is 7.27. The van der Waals surface area contributed by atoms with Gasteiger partial charge in [-0.2, -0.15) is 15.0 Å². The molecule has 0 aliphatic rings. The van der Waals surface area contributed by atoms with E-state index in [4.69, 9.17) is 11.0 Å². The second kappa shape index (κ2) is 3.88. The Balaban J connectivity index is 2.61. The quantitative estimate of drug-likeness (QED) is 0.781. The molecule has 0 atom stereocenters. The Morgan fingerprint density at radius 3 is 2.93 bits per heavy atom. The number of hydrogen-bond donors (Lipinski definition) is 1. The average Bonchev–Trinajstić information content (AvgIpc) is 2.84. The molecule has 0 amide bonds. The SMILES string of the molecule is CSc1nn(-c2nncs2)c(N)c1C#N. The molecule has 15 heavy (non-hydrogen) atoms. The number of anilines is 1. The summed E-state index contributed by atoms with van der Waals surface area (Å²) in [5, 5.41) is 21.8. The fourth-order valence-corrected chi connectivity index (χ4v) is 2.10. The van der Waals surface area contributed by atoms with Crippen LogP contribution in [0.2, 0.25) is 0 Å². The molecule has 0 aromatic carbocycles. The van der Waals surface area contributed by atoms with E-state index in [1.54, 1.807) is 5.51 Å². The maximum Gasteiger partial charge on any atom is 0.234 e. The molecule has 2 aromatic heterocycles. The third-order valence-corrected chi connectivity index (χ3v) is 3.06. The van der Waals surface area contributed by atoms with Gasteiger partial charge in [0, 0.05) is 0 Å². The van der Waals surface area contributed by atoms with Gasteiger partial charge < -0.3 is 5.73 Å². The lowest BCUT2D eigenvalue weighted by atomic mass is 10.4. The van der Waals surface area contributed by atoms with Crippen molar-refractivity contribution in [2.45, 2.75) is 5.03 Å². The highest BCUT2D eigenvalue weighted by Crippen LogP contribution is 2.26. The van der Waals surface area contributed by atoms with Gasteiger partial charge in [-0.25, -0.2) is 0 Å². The molecule has 0 aliphatic carbocycles. The summed E-state index contributed by atoms with van der Waals surface area (Å²) >= 11 is 2.69. The summed E-state index contributed by atoms with van der Waals surface area (Å²) in [6.45, 7) is 0. The number of nitrogen functional groups attached to an aromatic ring is 1. The number of hydrogen-bond acceptors (Lipinski definition) is 7. The van der Waals surface area contributed by atoms with Gasteiger partial charge in [0.05, 0.1) is 0 Å². The summed E-state index contributed by atoms with van der Waals surface area (Å²) in [5.74, 6) is 0.304. The largest absolute Gasteiger partial charge is 0.382 e. The van der Waals surface area contributed by atoms with Crippen molar-refractivity contribution >= 4 is 28.9 Å². The van der Waals surface area contributed by atoms with E-state index >= 15 is 0 Å². The number of nitriles is 1. The van der Waals surface area contributed by atoms with Crippen LogP contribution < -0.4 is 5.73 Å². The van der Waals surface area contributed by atoms with Gasteiger partial charge in [0.1, 0.15) is 28.0 Å². The van der Waals surface area contributed by atoms with Gasteiger partial charge >= 0.3 is 0 Å². The zero-order valence-corrected chi connectivity index (χ0v) is 9.34. The molecule has 2 aromatic rings. The highest BCUT2D eigenvalue weighted by molar-refractivity contribution is 7.98. The van der Waals surface area contributed by atoms with Crippen LogP contribution in [0.5, 0.6) is 0 Å². The van der Waals surface area contributed by atoms with Crippen molar-refractivity contribution in [3.63, 3.8) is 0 Å². The summed E-state index contributed by atoms with van der Waals surface area (Å²) < 4.78 is 1.43. The maximum absolute atomic E-state index is 8.91. The molecule has 0 saturated heterocycles. The number of thioether (sulfide) groups is 1. The molecular weight excluding hydrogens is 232 g/mol. The number of nitrogens with two attached hydrogens (primary N) is 1. The molecule has 6 nitrogen and oxygen atoms in total. The van der Waals surface area contributed by atoms with Crippen LogP contribution in [0, 0.1) is 11.3 Å². The molecule has 0 unspecified atom stereocenters. The number of nitrogens with zero attached hydrogens (tertiary/aromatic N) is 5. The lowest BCUT2D eigenvalue weighted by Gasteiger charge is -1.95. The van der Waals surface area contributed by atoms with E-state index < -0.39 is 0 Å². The van der Waals surface area contributed by atoms with Crippen LogP contribution >= 0.6 is 23.1 Å². The molecule has 0 radical (unpaired) electrons. The molecule has 0 spiro atoms. The van der Waals surface area contributed by atoms with Gasteiger partial charge in [0.25, 0.3) is 0 Å². The smallest absolute Gasteiger partial charge is 0.234 e. The molecule has 76 valence electrons. The second-order valence-corrected chi connectivity index (χ2v) is 4.12. The third-order valence-electron chi connectivity index (χ3n) is 1.72. The van der Waals surface area contributed by atoms with E-state index in [1.165, 1.54) is 27.8 Å². The molecule has 0 saturated carbocycles. The molecule has 0 aliphatic heterocycles. The third kappa shape index (κ3) is 1.55. The Bertz CT molecular complexity index is 508. The number of rotatable bonds is 2. The first kappa shape index (κ1) is 9.95. The maximum atomic E-state index is 8.91. The summed E-state index contributed by atoms with van der Waals surface area (Å²) in [4.78, 5) is 0. The normalized spacial score (nSPS) is 10.1. The topological polar surface area (TPSA) is 93.4 Å². The Morgan fingerprint density at radius 1 is 1.67 bits per heavy atom. The van der Waals surface area contributed by atoms with Crippen molar-refractivity contribution in [1.82, 2.24) is 20.0 Å². The van der Waals surface area contributed by atoms with Crippen molar-refractivity contribution in [3.05, 3.63) is 11.1 Å². The first-order valence-electron chi connectivity index (χ1n) is 3.87. The van der Waals surface area contributed by atoms with Crippen LogP contribution in [-0.2, 0) is 0 Å². The minimum Gasteiger partial charge on any atom is -0.382 e. The fraction of sp³-hybridized carbons (Fsp3) is 0.143. The average molecular weight is 238 g/mol. The van der Waals surface area contributed by atoms with Gasteiger partial charge in [-0.3, -0.25) is 0 Å². The zero-order valence-electron chi connectivity index (χ0n) is 7.71. The fourth-order valence-electron chi connectivity index (χ4n) is 1.06. The zero-order chi connectivity index (χ0) is 10.8. The highest BCUT2D eigenvalue weighted by atomic mass is 32.2. The van der Waals surface area contributed by atoms with E-state index in [1.807, 2.05) is 12.3 Å². The van der Waals surface area contributed by atoms with Crippen molar-refractivity contribution in [2.24, 2.45) is 0 Å². The van der Waals surface area contributed by atoms with Gasteiger partial charge in [-0.1, -0.05) is 11.3 Å². The molecule has 0 fully saturated rings. The van der Waals surface area contributed by atoms with E-state index in [0.717, 1.165) is 0 Å². The van der Waals surface area contributed by atoms with Gasteiger partial charge in [-0.15, -0.1) is 22.0 Å². The predicted octanol–water partition coefficient (Wildman–Crippen LogP) is 0.900. The Hall–Kier alpha value is -1.59. The van der Waals surface area contributed by atoms with E-state index in [2.05, 4.69) is 15.3 Å². The molecule has 8 heteroatoms. The van der Waals surface area contributed by atoms with Crippen LogP contribution in [-0.4, -0.2) is 26.2 Å². The summed E-state index contributed by atoms with van der Waals surface area (Å²) in [7, 11) is 0. The van der Waals surface area contributed by atoms with Gasteiger partial charge in [0.2, 0.25) is 5.13 Å². The van der Waals surface area contributed by atoms with Crippen molar-refractivity contribution in [2.75, 3.05) is 12.0 Å². The Labute approximate surface area is 93.7 Å². The van der Waals surface area contributed by atoms with Crippen molar-refractivity contribution in [1.29, 1.82) is 5.26 Å². The lowest BCUT2D eigenvalue weighted by Crippen LogP contribution is -2.01. The van der Waals surface area contributed by atoms with Crippen LogP contribution in [0.25, 0.3) is 5.13 Å². The molecule has 2 rings (SSSR count). The standard InChI is InChI=1S/C7H6N6S2/c1-14-6-4(2-8)5(9)13(12-6)7-11-10-3-15-7/h3H,9H2,1H3. The lowest BCUT2D eigenvalue weighted by molar-refractivity contribution is 0.820. The van der Waals surface area contributed by atoms with Gasteiger partial charge in [-0.05, 0) is 6.26 Å². The van der Waals surface area contributed by atoms with E-state index in [9.17, 15) is 0 Å². The predicted molar refractivity (Wildman–Crippen MR) is 57.9 cm³/mol. The van der Waals surface area contributed by atoms with E-state index in [-0.39, 0.29) is 0 Å². The Morgan fingerprint density at radius 2 is 2.47 bits per heavy atom. The highest BCUT2D eigenvalue weighted by Gasteiger charge is 2.17. The Kier molecular flexibility index (Phi) is 2.57. The molecule has 0 bridgehead atoms. The monoisotopic (exact) mass is 238 g/mol. The van der Waals surface area contributed by atoms with Crippen LogP contribution in [0.1, 0.15) is 5.56 Å². The van der Waals surface area contributed by atoms with E-state index in [0.29, 0.717) is 21.5 Å². The summed E-state index contributed by atoms with van der Waals surface area (Å²) in [6.07, 6.45) is 1.84. The van der Waals surface area contributed by atoms with Crippen LogP contribution in [0.3, 0.4) is 0 Å². The molecule has 2 heterocycles. The van der Waals surface area contributed by atoms with Crippen molar-refractivity contribution in [3.8, 4) is 11.2 Å². The molecular formula is C7H6N6S2. The van der Waals surface area contributed by atoms with Crippen LogP contribution in [0.15, 0.2) is 10.5 Å². The summed E-state index contributed by atoms with van der Waals surface area (Å²) in [5.41, 5.74) is 7.76. The molecule has 2 N–H and O–H groups in total. The minimum atomic E-state index is 0.304. The minimum absolute atomic E-state index is 0.304.